The van der Waals surface area contributed by atoms with E-state index >= 15 is 0 Å². The smallest absolute Gasteiger partial charge is 0.212 e. The van der Waals surface area contributed by atoms with Crippen LogP contribution in [0.2, 0.25) is 0 Å². The molecule has 1 atom stereocenters. The quantitative estimate of drug-likeness (QED) is 0.192. The summed E-state index contributed by atoms with van der Waals surface area (Å²) in [5.74, 6) is 0.887. The first-order chi connectivity index (χ1) is 19.0. The Morgan fingerprint density at radius 3 is 2.36 bits per heavy atom. The molecule has 0 saturated carbocycles. The van der Waals surface area contributed by atoms with E-state index in [0.717, 1.165) is 56.0 Å². The van der Waals surface area contributed by atoms with Crippen molar-refractivity contribution in [1.82, 2.24) is 19.7 Å². The molecule has 2 aromatic carbocycles. The number of benzene rings is 2. The van der Waals surface area contributed by atoms with Crippen LogP contribution >= 0.6 is 0 Å². The number of aromatic nitrogens is 4. The minimum absolute atomic E-state index is 0.130. The molecule has 0 bridgehead atoms. The lowest BCUT2D eigenvalue weighted by molar-refractivity contribution is 0.393. The van der Waals surface area contributed by atoms with Crippen molar-refractivity contribution >= 4 is 16.9 Å². The minimum atomic E-state index is -0.175. The molecule has 4 aromatic heterocycles. The number of fused-ring (bicyclic) bond motifs is 1. The number of methoxy groups -OCH3 is 1. The van der Waals surface area contributed by atoms with Crippen LogP contribution in [0.3, 0.4) is 0 Å². The summed E-state index contributed by atoms with van der Waals surface area (Å²) in [4.78, 5) is 9.74. The molecule has 0 unspecified atom stereocenters. The molecular formula is C32H27N5O2. The summed E-state index contributed by atoms with van der Waals surface area (Å²) in [6.07, 6.45) is 5.86. The molecule has 7 heteroatoms. The van der Waals surface area contributed by atoms with Crippen LogP contribution in [0.15, 0.2) is 102 Å². The van der Waals surface area contributed by atoms with Crippen LogP contribution < -0.4 is 0 Å². The number of aryl methyl sites for hydroxylation is 2. The van der Waals surface area contributed by atoms with Gasteiger partial charge in [0.1, 0.15) is 11.8 Å². The van der Waals surface area contributed by atoms with Crippen LogP contribution in [-0.4, -0.2) is 32.7 Å². The Hall–Kier alpha value is -5.04. The zero-order valence-corrected chi connectivity index (χ0v) is 21.9. The van der Waals surface area contributed by atoms with Gasteiger partial charge in [0.15, 0.2) is 0 Å². The van der Waals surface area contributed by atoms with E-state index in [-0.39, 0.29) is 11.9 Å². The van der Waals surface area contributed by atoms with Crippen molar-refractivity contribution in [2.45, 2.75) is 19.9 Å². The molecule has 0 fully saturated rings. The molecule has 6 aromatic rings. The molecule has 0 aliphatic carbocycles. The van der Waals surface area contributed by atoms with E-state index in [2.05, 4.69) is 52.3 Å². The van der Waals surface area contributed by atoms with Gasteiger partial charge < -0.3 is 13.8 Å². The van der Waals surface area contributed by atoms with Gasteiger partial charge in [-0.25, -0.2) is 0 Å². The van der Waals surface area contributed by atoms with Crippen molar-refractivity contribution in [3.05, 3.63) is 126 Å². The second-order valence-corrected chi connectivity index (χ2v) is 9.42. The van der Waals surface area contributed by atoms with Gasteiger partial charge in [-0.15, -0.1) is 0 Å². The summed E-state index contributed by atoms with van der Waals surface area (Å²) in [5.41, 5.74) is 9.32. The number of rotatable bonds is 6. The highest BCUT2D eigenvalue weighted by molar-refractivity contribution is 5.97. The summed E-state index contributed by atoms with van der Waals surface area (Å²) in [6.45, 7) is 3.87. The first kappa shape index (κ1) is 24.3. The largest absolute Gasteiger partial charge is 0.481 e. The summed E-state index contributed by atoms with van der Waals surface area (Å²) in [7, 11) is 1.51. The second kappa shape index (κ2) is 10.0. The highest BCUT2D eigenvalue weighted by Crippen LogP contribution is 2.38. The Morgan fingerprint density at radius 1 is 0.923 bits per heavy atom. The predicted molar refractivity (Wildman–Crippen MR) is 152 cm³/mol. The van der Waals surface area contributed by atoms with E-state index in [0.29, 0.717) is 5.56 Å². The highest BCUT2D eigenvalue weighted by Gasteiger charge is 2.24. The van der Waals surface area contributed by atoms with Gasteiger partial charge in [0.05, 0.1) is 29.5 Å². The number of nitrogens with one attached hydrogen (secondary N) is 1. The van der Waals surface area contributed by atoms with E-state index in [1.165, 1.54) is 7.11 Å². The molecule has 6 rings (SSSR count). The lowest BCUT2D eigenvalue weighted by Crippen LogP contribution is -2.13. The number of nitrogens with zero attached hydrogens (tertiary/aromatic N) is 4. The zero-order chi connectivity index (χ0) is 26.9. The maximum absolute atomic E-state index is 8.00. The summed E-state index contributed by atoms with van der Waals surface area (Å²) < 4.78 is 12.8. The van der Waals surface area contributed by atoms with Gasteiger partial charge in [-0.05, 0) is 55.3 Å². The zero-order valence-electron chi connectivity index (χ0n) is 21.9. The first-order valence-corrected chi connectivity index (χ1v) is 12.7. The monoisotopic (exact) mass is 513 g/mol. The third-order valence-corrected chi connectivity index (χ3v) is 7.01. The van der Waals surface area contributed by atoms with E-state index in [9.17, 15) is 0 Å². The standard InChI is InChI=1S/C32H27N5O2/c1-20-29(21(2)39-36-20)25-17-28-30(35-18-25)26(22-12-14-24(15-13-22)32(33)38-3)19-37(28)31(23-9-5-4-6-10-23)27-11-7-8-16-34-27/h4-19,31,33H,1-3H3/t31-/m0/s1. The highest BCUT2D eigenvalue weighted by atomic mass is 16.5. The predicted octanol–water partition coefficient (Wildman–Crippen LogP) is 6.98. The van der Waals surface area contributed by atoms with Crippen molar-refractivity contribution in [3.63, 3.8) is 0 Å². The fraction of sp³-hybridized carbons (Fsp3) is 0.125. The summed E-state index contributed by atoms with van der Waals surface area (Å²) in [5, 5.41) is 12.2. The fourth-order valence-corrected chi connectivity index (χ4v) is 5.15. The van der Waals surface area contributed by atoms with Crippen LogP contribution in [0.4, 0.5) is 0 Å². The molecule has 0 amide bonds. The maximum Gasteiger partial charge on any atom is 0.212 e. The number of ether oxygens (including phenoxy) is 1. The molecule has 1 N–H and O–H groups in total. The third-order valence-electron chi connectivity index (χ3n) is 7.01. The lowest BCUT2D eigenvalue weighted by atomic mass is 10.0. The molecule has 0 aliphatic heterocycles. The van der Waals surface area contributed by atoms with Crippen molar-refractivity contribution in [2.24, 2.45) is 0 Å². The Labute approximate surface area is 226 Å². The van der Waals surface area contributed by atoms with Crippen molar-refractivity contribution in [2.75, 3.05) is 7.11 Å². The van der Waals surface area contributed by atoms with Crippen molar-refractivity contribution < 1.29 is 9.26 Å². The van der Waals surface area contributed by atoms with Crippen LogP contribution in [-0.2, 0) is 4.74 Å². The Morgan fingerprint density at radius 2 is 1.69 bits per heavy atom. The Kier molecular flexibility index (Phi) is 6.25. The maximum atomic E-state index is 8.00. The van der Waals surface area contributed by atoms with Crippen molar-refractivity contribution in [1.29, 1.82) is 5.41 Å². The minimum Gasteiger partial charge on any atom is -0.481 e. The summed E-state index contributed by atoms with van der Waals surface area (Å²) >= 11 is 0. The number of hydrogen-bond donors (Lipinski definition) is 1. The van der Waals surface area contributed by atoms with Crippen LogP contribution in [0, 0.1) is 19.3 Å². The molecule has 39 heavy (non-hydrogen) atoms. The molecule has 192 valence electrons. The molecule has 4 heterocycles. The van der Waals surface area contributed by atoms with Gasteiger partial charge in [0, 0.05) is 40.8 Å². The molecule has 0 radical (unpaired) electrons. The van der Waals surface area contributed by atoms with Gasteiger partial charge >= 0.3 is 0 Å². The molecule has 7 nitrogen and oxygen atoms in total. The summed E-state index contributed by atoms with van der Waals surface area (Å²) in [6, 6.07) is 26.2. The van der Waals surface area contributed by atoms with E-state index in [1.807, 2.05) is 68.7 Å². The normalized spacial score (nSPS) is 12.0. The van der Waals surface area contributed by atoms with Gasteiger partial charge in [0.25, 0.3) is 0 Å². The molecular weight excluding hydrogens is 486 g/mol. The molecule has 0 spiro atoms. The third kappa shape index (κ3) is 4.38. The second-order valence-electron chi connectivity index (χ2n) is 9.42. The Bertz CT molecular complexity index is 1710. The van der Waals surface area contributed by atoms with Gasteiger partial charge in [0.2, 0.25) is 5.90 Å². The van der Waals surface area contributed by atoms with Crippen molar-refractivity contribution in [3.8, 4) is 22.3 Å². The van der Waals surface area contributed by atoms with Gasteiger partial charge in [-0.1, -0.05) is 53.7 Å². The molecule has 0 saturated heterocycles. The van der Waals surface area contributed by atoms with Crippen LogP contribution in [0.5, 0.6) is 0 Å². The van der Waals surface area contributed by atoms with Crippen LogP contribution in [0.25, 0.3) is 33.3 Å². The average Bonchev–Trinajstić information content (AvgIpc) is 3.52. The van der Waals surface area contributed by atoms with Gasteiger partial charge in [-0.3, -0.25) is 15.4 Å². The van der Waals surface area contributed by atoms with E-state index in [1.54, 1.807) is 0 Å². The SMILES string of the molecule is COC(=N)c1ccc(-c2cn([C@@H](c3ccccc3)c3ccccn3)c3cc(-c4c(C)noc4C)cnc23)cc1. The van der Waals surface area contributed by atoms with Gasteiger partial charge in [-0.2, -0.15) is 0 Å². The number of pyridine rings is 2. The van der Waals surface area contributed by atoms with E-state index in [4.69, 9.17) is 24.6 Å². The fourth-order valence-electron chi connectivity index (χ4n) is 5.15. The first-order valence-electron chi connectivity index (χ1n) is 12.7. The topological polar surface area (TPSA) is 89.8 Å². The lowest BCUT2D eigenvalue weighted by Gasteiger charge is -2.20. The Balaban J connectivity index is 1.61. The average molecular weight is 514 g/mol. The molecule has 0 aliphatic rings. The van der Waals surface area contributed by atoms with E-state index < -0.39 is 0 Å². The number of hydrogen-bond acceptors (Lipinski definition) is 6. The van der Waals surface area contributed by atoms with Crippen LogP contribution in [0.1, 0.15) is 34.3 Å².